The summed E-state index contributed by atoms with van der Waals surface area (Å²) in [7, 11) is 1.73. The smallest absolute Gasteiger partial charge is 0.289 e. The topological polar surface area (TPSA) is 87.9 Å². The highest BCUT2D eigenvalue weighted by Gasteiger charge is 2.20. The Labute approximate surface area is 120 Å². The molecule has 2 aromatic heterocycles. The van der Waals surface area contributed by atoms with Crippen LogP contribution in [0.15, 0.2) is 34.7 Å². The van der Waals surface area contributed by atoms with Crippen LogP contribution in [-0.2, 0) is 0 Å². The average molecular weight is 285 g/mol. The van der Waals surface area contributed by atoms with Gasteiger partial charge in [-0.2, -0.15) is 5.21 Å². The number of hydrogen-bond donors (Lipinski definition) is 1. The van der Waals surface area contributed by atoms with E-state index in [0.29, 0.717) is 23.7 Å². The fourth-order valence-corrected chi connectivity index (χ4v) is 2.23. The maximum absolute atomic E-state index is 12.4. The molecule has 1 N–H and O–H groups in total. The van der Waals surface area contributed by atoms with Crippen LogP contribution < -0.4 is 0 Å². The van der Waals surface area contributed by atoms with Crippen LogP contribution in [0.1, 0.15) is 29.2 Å². The standard InChI is InChI=1S/C14H15N5O2/c1-9(13-15-17-18-16-13)8-19(2)14(20)12-7-10-5-3-4-6-11(10)21-12/h3-7,9H,8H2,1-2H3,(H,15,16,17,18)/t9-/m1/s1. The number of carbonyl (C=O) groups is 1. The molecule has 1 amide bonds. The quantitative estimate of drug-likeness (QED) is 0.790. The number of benzene rings is 1. The Morgan fingerprint density at radius 1 is 1.43 bits per heavy atom. The first kappa shape index (κ1) is 13.3. The second-order valence-corrected chi connectivity index (χ2v) is 5.01. The van der Waals surface area contributed by atoms with Gasteiger partial charge in [-0.05, 0) is 12.1 Å². The number of aromatic amines is 1. The summed E-state index contributed by atoms with van der Waals surface area (Å²) in [4.78, 5) is 14.0. The van der Waals surface area contributed by atoms with Gasteiger partial charge in [0, 0.05) is 24.9 Å². The number of carbonyl (C=O) groups excluding carboxylic acids is 1. The number of fused-ring (bicyclic) bond motifs is 1. The third-order valence-corrected chi connectivity index (χ3v) is 3.33. The molecule has 1 aromatic carbocycles. The van der Waals surface area contributed by atoms with Gasteiger partial charge in [-0.25, -0.2) is 0 Å². The molecule has 0 saturated carbocycles. The molecule has 21 heavy (non-hydrogen) atoms. The van der Waals surface area contributed by atoms with Gasteiger partial charge >= 0.3 is 0 Å². The lowest BCUT2D eigenvalue weighted by Crippen LogP contribution is -2.30. The highest BCUT2D eigenvalue weighted by molar-refractivity contribution is 5.95. The van der Waals surface area contributed by atoms with Crippen molar-refractivity contribution in [3.05, 3.63) is 41.9 Å². The van der Waals surface area contributed by atoms with Crippen molar-refractivity contribution in [3.63, 3.8) is 0 Å². The number of nitrogens with one attached hydrogen (secondary N) is 1. The van der Waals surface area contributed by atoms with Crippen LogP contribution in [0.25, 0.3) is 11.0 Å². The molecular weight excluding hydrogens is 270 g/mol. The van der Waals surface area contributed by atoms with Crippen LogP contribution in [0.3, 0.4) is 0 Å². The molecule has 0 aliphatic carbocycles. The maximum atomic E-state index is 12.4. The normalized spacial score (nSPS) is 12.5. The van der Waals surface area contributed by atoms with Gasteiger partial charge in [0.25, 0.3) is 5.91 Å². The van der Waals surface area contributed by atoms with Crippen LogP contribution >= 0.6 is 0 Å². The van der Waals surface area contributed by atoms with Crippen molar-refractivity contribution in [1.82, 2.24) is 25.5 Å². The Hall–Kier alpha value is -2.70. The van der Waals surface area contributed by atoms with E-state index in [9.17, 15) is 4.79 Å². The van der Waals surface area contributed by atoms with E-state index in [1.54, 1.807) is 18.0 Å². The molecule has 2 heterocycles. The Morgan fingerprint density at radius 2 is 2.24 bits per heavy atom. The first-order valence-electron chi connectivity index (χ1n) is 6.62. The number of H-pyrrole nitrogens is 1. The van der Waals surface area contributed by atoms with Gasteiger partial charge in [0.15, 0.2) is 11.6 Å². The summed E-state index contributed by atoms with van der Waals surface area (Å²) in [5.74, 6) is 0.738. The molecule has 7 nitrogen and oxygen atoms in total. The van der Waals surface area contributed by atoms with E-state index in [2.05, 4.69) is 20.6 Å². The third-order valence-electron chi connectivity index (χ3n) is 3.33. The summed E-state index contributed by atoms with van der Waals surface area (Å²) in [6, 6.07) is 9.30. The van der Waals surface area contributed by atoms with E-state index >= 15 is 0 Å². The molecule has 0 aliphatic rings. The Morgan fingerprint density at radius 3 is 2.95 bits per heavy atom. The van der Waals surface area contributed by atoms with Crippen molar-refractivity contribution < 1.29 is 9.21 Å². The van der Waals surface area contributed by atoms with Gasteiger partial charge in [-0.1, -0.05) is 30.3 Å². The molecule has 0 spiro atoms. The lowest BCUT2D eigenvalue weighted by Gasteiger charge is -2.18. The lowest BCUT2D eigenvalue weighted by molar-refractivity contribution is 0.0758. The Bertz CT molecular complexity index is 717. The largest absolute Gasteiger partial charge is 0.451 e. The number of furan rings is 1. The van der Waals surface area contributed by atoms with Crippen molar-refractivity contribution >= 4 is 16.9 Å². The van der Waals surface area contributed by atoms with E-state index in [-0.39, 0.29) is 11.8 Å². The minimum atomic E-state index is -0.165. The molecule has 0 unspecified atom stereocenters. The number of likely N-dealkylation sites (N-methyl/N-ethyl adjacent to an activating group) is 1. The highest BCUT2D eigenvalue weighted by Crippen LogP contribution is 2.20. The summed E-state index contributed by atoms with van der Waals surface area (Å²) >= 11 is 0. The van der Waals surface area contributed by atoms with Gasteiger partial charge in [-0.15, -0.1) is 10.2 Å². The second kappa shape index (κ2) is 5.35. The van der Waals surface area contributed by atoms with Crippen LogP contribution in [-0.4, -0.2) is 45.0 Å². The van der Waals surface area contributed by atoms with Gasteiger partial charge in [0.05, 0.1) is 0 Å². The molecule has 7 heteroatoms. The van der Waals surface area contributed by atoms with Crippen molar-refractivity contribution in [2.24, 2.45) is 0 Å². The molecule has 0 fully saturated rings. The zero-order valence-electron chi connectivity index (χ0n) is 11.8. The molecule has 0 aliphatic heterocycles. The Balaban J connectivity index is 1.74. The number of nitrogens with zero attached hydrogens (tertiary/aromatic N) is 4. The van der Waals surface area contributed by atoms with E-state index in [1.165, 1.54) is 0 Å². The molecule has 1 atom stereocenters. The molecule has 3 rings (SSSR count). The first-order chi connectivity index (χ1) is 10.1. The number of para-hydroxylation sites is 1. The van der Waals surface area contributed by atoms with E-state index in [4.69, 9.17) is 4.42 Å². The highest BCUT2D eigenvalue weighted by atomic mass is 16.3. The van der Waals surface area contributed by atoms with Crippen molar-refractivity contribution in [2.75, 3.05) is 13.6 Å². The van der Waals surface area contributed by atoms with E-state index in [1.807, 2.05) is 31.2 Å². The monoisotopic (exact) mass is 285 g/mol. The second-order valence-electron chi connectivity index (χ2n) is 5.01. The average Bonchev–Trinajstić information content (AvgIpc) is 3.15. The van der Waals surface area contributed by atoms with Crippen molar-refractivity contribution in [2.45, 2.75) is 12.8 Å². The molecule has 3 aromatic rings. The summed E-state index contributed by atoms with van der Waals surface area (Å²) in [5, 5.41) is 14.7. The van der Waals surface area contributed by atoms with E-state index in [0.717, 1.165) is 5.39 Å². The summed E-state index contributed by atoms with van der Waals surface area (Å²) in [6.45, 7) is 2.42. The Kier molecular flexibility index (Phi) is 3.39. The molecule has 0 saturated heterocycles. The van der Waals surface area contributed by atoms with Crippen molar-refractivity contribution in [1.29, 1.82) is 0 Å². The van der Waals surface area contributed by atoms with Crippen LogP contribution in [0.5, 0.6) is 0 Å². The minimum Gasteiger partial charge on any atom is -0.451 e. The molecule has 108 valence electrons. The van der Waals surface area contributed by atoms with Gasteiger partial charge in [0.2, 0.25) is 0 Å². The zero-order chi connectivity index (χ0) is 14.8. The predicted molar refractivity (Wildman–Crippen MR) is 75.8 cm³/mol. The number of rotatable bonds is 4. The third kappa shape index (κ3) is 2.62. The summed E-state index contributed by atoms with van der Waals surface area (Å²) < 4.78 is 5.58. The summed E-state index contributed by atoms with van der Waals surface area (Å²) in [5.41, 5.74) is 0.709. The van der Waals surface area contributed by atoms with Crippen molar-refractivity contribution in [3.8, 4) is 0 Å². The first-order valence-corrected chi connectivity index (χ1v) is 6.62. The molecule has 0 bridgehead atoms. The maximum Gasteiger partial charge on any atom is 0.289 e. The van der Waals surface area contributed by atoms with Crippen LogP contribution in [0.2, 0.25) is 0 Å². The van der Waals surface area contributed by atoms with Crippen LogP contribution in [0, 0.1) is 0 Å². The van der Waals surface area contributed by atoms with Gasteiger partial charge in [0.1, 0.15) is 5.58 Å². The number of hydrogen-bond acceptors (Lipinski definition) is 5. The fourth-order valence-electron chi connectivity index (χ4n) is 2.23. The lowest BCUT2D eigenvalue weighted by atomic mass is 10.1. The number of aromatic nitrogens is 4. The molecule has 0 radical (unpaired) electrons. The number of tetrazole rings is 1. The molecular formula is C14H15N5O2. The van der Waals surface area contributed by atoms with Gasteiger partial charge in [-0.3, -0.25) is 4.79 Å². The number of amides is 1. The SMILES string of the molecule is C[C@H](CN(C)C(=O)c1cc2ccccc2o1)c1nn[nH]n1. The predicted octanol–water partition coefficient (Wildman–Crippen LogP) is 1.82. The fraction of sp³-hybridized carbons (Fsp3) is 0.286. The minimum absolute atomic E-state index is 0.0120. The zero-order valence-corrected chi connectivity index (χ0v) is 11.8. The van der Waals surface area contributed by atoms with Gasteiger partial charge < -0.3 is 9.32 Å². The summed E-state index contributed by atoms with van der Waals surface area (Å²) in [6.07, 6.45) is 0. The van der Waals surface area contributed by atoms with E-state index < -0.39 is 0 Å². The van der Waals surface area contributed by atoms with Crippen LogP contribution in [0.4, 0.5) is 0 Å².